The monoisotopic (exact) mass is 407 g/mol. The molecule has 3 rings (SSSR count). The minimum absolute atomic E-state index is 0.0588. The molecule has 2 N–H and O–H groups in total. The molecule has 0 bridgehead atoms. The van der Waals surface area contributed by atoms with E-state index in [0.717, 1.165) is 0 Å². The van der Waals surface area contributed by atoms with Crippen molar-refractivity contribution in [2.75, 3.05) is 20.2 Å². The highest BCUT2D eigenvalue weighted by atomic mass is 32.2. The molecule has 1 aliphatic rings. The molecule has 1 fully saturated rings. The number of hydrogen-bond acceptors (Lipinski definition) is 7. The molecule has 2 heterocycles. The Balaban J connectivity index is 1.79. The normalized spacial score (nSPS) is 15.8. The number of methoxy groups -OCH3 is 1. The number of rotatable bonds is 6. The van der Waals surface area contributed by atoms with Crippen LogP contribution >= 0.6 is 0 Å². The number of ether oxygens (including phenoxy) is 2. The van der Waals surface area contributed by atoms with Crippen LogP contribution in [0.1, 0.15) is 23.2 Å². The zero-order chi connectivity index (χ0) is 20.1. The number of carbonyl (C=O) groups excluding carboxylic acids is 1. The third-order valence-corrected chi connectivity index (χ3v) is 6.45. The first-order chi connectivity index (χ1) is 13.5. The fraction of sp³-hybridized carbons (Fsp3) is 0.333. The Bertz CT molecular complexity index is 928. The van der Waals surface area contributed by atoms with Crippen LogP contribution in [0.15, 0.2) is 47.6 Å². The van der Waals surface area contributed by atoms with Gasteiger partial charge < -0.3 is 9.47 Å². The Kier molecular flexibility index (Phi) is 6.12. The van der Waals surface area contributed by atoms with Crippen LogP contribution in [0.5, 0.6) is 11.5 Å². The van der Waals surface area contributed by atoms with Gasteiger partial charge in [-0.25, -0.2) is 13.9 Å². The summed E-state index contributed by atoms with van der Waals surface area (Å²) in [5, 5.41) is 9.00. The molecule has 9 nitrogen and oxygen atoms in total. The van der Waals surface area contributed by atoms with Crippen LogP contribution < -0.4 is 15.0 Å². The first kappa shape index (κ1) is 20.1. The molecule has 1 aliphatic heterocycles. The number of carbonyl (C=O) groups is 1. The fourth-order valence-electron chi connectivity index (χ4n) is 3.11. The maximum absolute atomic E-state index is 13.1. The van der Waals surface area contributed by atoms with Gasteiger partial charge in [-0.15, -0.1) is 0 Å². The van der Waals surface area contributed by atoms with Crippen LogP contribution in [0, 0.1) is 0 Å². The van der Waals surface area contributed by atoms with Gasteiger partial charge in [-0.3, -0.25) is 15.0 Å². The summed E-state index contributed by atoms with van der Waals surface area (Å²) in [7, 11) is -2.64. The second-order valence-electron chi connectivity index (χ2n) is 6.18. The number of nitrogens with one attached hydrogen (secondary N) is 1. The molecule has 28 heavy (non-hydrogen) atoms. The van der Waals surface area contributed by atoms with Crippen molar-refractivity contribution in [2.45, 2.75) is 23.8 Å². The van der Waals surface area contributed by atoms with E-state index in [1.54, 1.807) is 24.5 Å². The summed E-state index contributed by atoms with van der Waals surface area (Å²) >= 11 is 0. The first-order valence-electron chi connectivity index (χ1n) is 8.65. The van der Waals surface area contributed by atoms with Crippen molar-refractivity contribution in [2.24, 2.45) is 0 Å². The van der Waals surface area contributed by atoms with Crippen LogP contribution in [-0.4, -0.2) is 55.1 Å². The Morgan fingerprint density at radius 1 is 1.21 bits per heavy atom. The van der Waals surface area contributed by atoms with E-state index in [-0.39, 0.29) is 35.4 Å². The molecule has 0 atom stereocenters. The molecule has 1 aromatic carbocycles. The molecule has 0 radical (unpaired) electrons. The van der Waals surface area contributed by atoms with Crippen LogP contribution in [0.4, 0.5) is 0 Å². The van der Waals surface area contributed by atoms with E-state index in [4.69, 9.17) is 14.7 Å². The average Bonchev–Trinajstić information content (AvgIpc) is 2.73. The Morgan fingerprint density at radius 3 is 2.50 bits per heavy atom. The number of hydrogen-bond donors (Lipinski definition) is 2. The molecule has 1 amide bonds. The Morgan fingerprint density at radius 2 is 1.89 bits per heavy atom. The van der Waals surface area contributed by atoms with Gasteiger partial charge in [-0.1, -0.05) is 6.07 Å². The van der Waals surface area contributed by atoms with E-state index >= 15 is 0 Å². The molecule has 0 aliphatic carbocycles. The number of nitrogens with zero attached hydrogens (tertiary/aromatic N) is 2. The summed E-state index contributed by atoms with van der Waals surface area (Å²) < 4.78 is 38.5. The maximum Gasteiger partial charge on any atom is 0.279 e. The predicted octanol–water partition coefficient (Wildman–Crippen LogP) is 1.44. The van der Waals surface area contributed by atoms with Gasteiger partial charge in [0.25, 0.3) is 5.91 Å². The van der Waals surface area contributed by atoms with E-state index in [9.17, 15) is 13.2 Å². The molecule has 150 valence electrons. The van der Waals surface area contributed by atoms with Gasteiger partial charge >= 0.3 is 0 Å². The van der Waals surface area contributed by atoms with Gasteiger partial charge in [0.05, 0.1) is 12.0 Å². The maximum atomic E-state index is 13.1. The van der Waals surface area contributed by atoms with E-state index in [1.165, 1.54) is 35.1 Å². The minimum Gasteiger partial charge on any atom is -0.496 e. The topological polar surface area (TPSA) is 118 Å². The van der Waals surface area contributed by atoms with Crippen molar-refractivity contribution in [1.29, 1.82) is 0 Å². The van der Waals surface area contributed by atoms with Gasteiger partial charge in [0.1, 0.15) is 23.2 Å². The standard InChI is InChI=1S/C18H21N3O6S/c1-26-15-3-2-4-16(17(15)18(22)20-23)28(24,25)21-11-7-14(8-12-21)27-13-5-9-19-10-6-13/h2-6,9-10,14,23H,7-8,11-12H2,1H3,(H,20,22). The lowest BCUT2D eigenvalue weighted by Crippen LogP contribution is -2.42. The summed E-state index contributed by atoms with van der Waals surface area (Å²) in [5.41, 5.74) is 1.25. The van der Waals surface area contributed by atoms with Crippen molar-refractivity contribution in [3.05, 3.63) is 48.3 Å². The number of benzene rings is 1. The lowest BCUT2D eigenvalue weighted by atomic mass is 10.1. The van der Waals surface area contributed by atoms with Gasteiger partial charge in [0.2, 0.25) is 10.0 Å². The van der Waals surface area contributed by atoms with Gasteiger partial charge in [-0.05, 0) is 37.1 Å². The van der Waals surface area contributed by atoms with Crippen molar-refractivity contribution in [3.63, 3.8) is 0 Å². The highest BCUT2D eigenvalue weighted by molar-refractivity contribution is 7.89. The molecule has 10 heteroatoms. The third-order valence-electron chi connectivity index (χ3n) is 4.51. The largest absolute Gasteiger partial charge is 0.496 e. The van der Waals surface area contributed by atoms with Gasteiger partial charge in [0, 0.05) is 25.5 Å². The zero-order valence-electron chi connectivity index (χ0n) is 15.2. The molecular weight excluding hydrogens is 386 g/mol. The van der Waals surface area contributed by atoms with Crippen molar-refractivity contribution >= 4 is 15.9 Å². The molecular formula is C18H21N3O6S. The summed E-state index contributed by atoms with van der Waals surface area (Å²) in [4.78, 5) is 15.8. The highest BCUT2D eigenvalue weighted by Crippen LogP contribution is 2.30. The first-order valence-corrected chi connectivity index (χ1v) is 10.1. The smallest absolute Gasteiger partial charge is 0.279 e. The minimum atomic E-state index is -3.96. The van der Waals surface area contributed by atoms with Crippen LogP contribution in [0.3, 0.4) is 0 Å². The molecule has 1 aromatic heterocycles. The second kappa shape index (κ2) is 8.55. The summed E-state index contributed by atoms with van der Waals surface area (Å²) in [6, 6.07) is 7.76. The average molecular weight is 407 g/mol. The fourth-order valence-corrected chi connectivity index (χ4v) is 4.79. The van der Waals surface area contributed by atoms with E-state index < -0.39 is 15.9 Å². The number of amides is 1. The summed E-state index contributed by atoms with van der Waals surface area (Å²) in [6.45, 7) is 0.491. The highest BCUT2D eigenvalue weighted by Gasteiger charge is 2.34. The summed E-state index contributed by atoms with van der Waals surface area (Å²) in [5.74, 6) is -0.207. The number of pyridine rings is 1. The predicted molar refractivity (Wildman–Crippen MR) is 98.9 cm³/mol. The second-order valence-corrected chi connectivity index (χ2v) is 8.08. The quantitative estimate of drug-likeness (QED) is 0.549. The SMILES string of the molecule is COc1cccc(S(=O)(=O)N2CCC(Oc3ccncc3)CC2)c1C(=O)NO. The molecule has 2 aromatic rings. The van der Waals surface area contributed by atoms with Crippen LogP contribution in [0.2, 0.25) is 0 Å². The summed E-state index contributed by atoms with van der Waals surface area (Å²) in [6.07, 6.45) is 4.16. The van der Waals surface area contributed by atoms with Gasteiger partial charge in [-0.2, -0.15) is 4.31 Å². The number of aromatic nitrogens is 1. The lowest BCUT2D eigenvalue weighted by Gasteiger charge is -2.31. The number of hydroxylamine groups is 1. The third kappa shape index (κ3) is 4.08. The number of piperidine rings is 1. The zero-order valence-corrected chi connectivity index (χ0v) is 16.1. The van der Waals surface area contributed by atoms with Crippen molar-refractivity contribution in [1.82, 2.24) is 14.8 Å². The van der Waals surface area contributed by atoms with Gasteiger partial charge in [0.15, 0.2) is 0 Å². The van der Waals surface area contributed by atoms with E-state index in [2.05, 4.69) is 4.98 Å². The van der Waals surface area contributed by atoms with Crippen molar-refractivity contribution in [3.8, 4) is 11.5 Å². The van der Waals surface area contributed by atoms with Crippen LogP contribution in [0.25, 0.3) is 0 Å². The van der Waals surface area contributed by atoms with Crippen molar-refractivity contribution < 1.29 is 27.9 Å². The molecule has 1 saturated heterocycles. The Labute approximate surface area is 162 Å². The molecule has 0 saturated carbocycles. The van der Waals surface area contributed by atoms with E-state index in [0.29, 0.717) is 18.6 Å². The lowest BCUT2D eigenvalue weighted by molar-refractivity contribution is 0.0698. The van der Waals surface area contributed by atoms with Crippen LogP contribution in [-0.2, 0) is 10.0 Å². The van der Waals surface area contributed by atoms with E-state index in [1.807, 2.05) is 0 Å². The molecule has 0 unspecified atom stereocenters. The molecule has 0 spiro atoms. The number of sulfonamides is 1. The Hall–Kier alpha value is -2.69.